The molecule has 3 aromatic rings. The second kappa shape index (κ2) is 15.0. The molecule has 0 aliphatic rings. The molecule has 0 aliphatic heterocycles. The Morgan fingerprint density at radius 2 is 1.77 bits per heavy atom. The van der Waals surface area contributed by atoms with Gasteiger partial charge in [-0.05, 0) is 38.2 Å². The van der Waals surface area contributed by atoms with Crippen molar-refractivity contribution < 1.29 is 9.53 Å². The van der Waals surface area contributed by atoms with E-state index in [1.54, 1.807) is 29.4 Å². The number of halogens is 3. The number of carbonyl (C=O) groups is 1. The molecule has 2 aromatic carbocycles. The van der Waals surface area contributed by atoms with Crippen LogP contribution in [0.4, 0.5) is 4.79 Å². The number of amides is 1. The second-order valence-corrected chi connectivity index (χ2v) is 9.32. The van der Waals surface area contributed by atoms with E-state index in [1.807, 2.05) is 39.2 Å². The van der Waals surface area contributed by atoms with Gasteiger partial charge in [0.05, 0.1) is 16.6 Å². The standard InChI is InChI=1S/C15H16Cl3N3O2.C10H16N2/c1-2-4-20(15(22)21-5-3-19-10-21)6-7-23-14-12(17)8-11(16)9-13(14)18;1-12(2)8-10(11)9-6-4-3-5-7-9/h3,5,8-10H,2,4,6-7H2,1H3;3-7,10H,8,11H2,1-2H3/t;10-/m.1/s1. The summed E-state index contributed by atoms with van der Waals surface area (Å²) in [6.45, 7) is 4.18. The van der Waals surface area contributed by atoms with Crippen LogP contribution in [0.3, 0.4) is 0 Å². The lowest BCUT2D eigenvalue weighted by Gasteiger charge is -2.22. The predicted octanol–water partition coefficient (Wildman–Crippen LogP) is 5.85. The number of hydrogen-bond donors (Lipinski definition) is 1. The van der Waals surface area contributed by atoms with E-state index >= 15 is 0 Å². The zero-order chi connectivity index (χ0) is 25.8. The minimum atomic E-state index is -0.152. The second-order valence-electron chi connectivity index (χ2n) is 8.07. The van der Waals surface area contributed by atoms with Crippen molar-refractivity contribution in [1.82, 2.24) is 19.4 Å². The zero-order valence-electron chi connectivity index (χ0n) is 20.2. The number of carbonyl (C=O) groups excluding carboxylic acids is 1. The van der Waals surface area contributed by atoms with Gasteiger partial charge < -0.3 is 20.3 Å². The number of rotatable bonds is 9. The van der Waals surface area contributed by atoms with Gasteiger partial charge in [-0.1, -0.05) is 72.1 Å². The van der Waals surface area contributed by atoms with Crippen LogP contribution >= 0.6 is 34.8 Å². The van der Waals surface area contributed by atoms with Gasteiger partial charge in [-0.3, -0.25) is 4.57 Å². The van der Waals surface area contributed by atoms with Gasteiger partial charge in [0.2, 0.25) is 0 Å². The first-order valence-corrected chi connectivity index (χ1v) is 12.4. The molecule has 3 rings (SSSR count). The van der Waals surface area contributed by atoms with E-state index in [-0.39, 0.29) is 18.7 Å². The molecule has 2 N–H and O–H groups in total. The monoisotopic (exact) mass is 539 g/mol. The average Bonchev–Trinajstić information content (AvgIpc) is 3.35. The summed E-state index contributed by atoms with van der Waals surface area (Å²) in [5, 5.41) is 1.12. The Morgan fingerprint density at radius 1 is 1.11 bits per heavy atom. The fourth-order valence-corrected chi connectivity index (χ4v) is 4.16. The van der Waals surface area contributed by atoms with Crippen molar-refractivity contribution in [2.24, 2.45) is 5.73 Å². The predicted molar refractivity (Wildman–Crippen MR) is 144 cm³/mol. The van der Waals surface area contributed by atoms with E-state index in [1.165, 1.54) is 16.5 Å². The van der Waals surface area contributed by atoms with E-state index < -0.39 is 0 Å². The maximum absolute atomic E-state index is 12.3. The molecule has 0 spiro atoms. The van der Waals surface area contributed by atoms with E-state index in [2.05, 4.69) is 22.0 Å². The van der Waals surface area contributed by atoms with Crippen LogP contribution in [-0.2, 0) is 0 Å². The van der Waals surface area contributed by atoms with Crippen molar-refractivity contribution in [3.63, 3.8) is 0 Å². The Hall–Kier alpha value is -2.29. The molecular weight excluding hydrogens is 509 g/mol. The molecule has 1 amide bonds. The van der Waals surface area contributed by atoms with E-state index in [4.69, 9.17) is 45.3 Å². The molecule has 190 valence electrons. The first-order valence-electron chi connectivity index (χ1n) is 11.2. The molecule has 1 aromatic heterocycles. The summed E-state index contributed by atoms with van der Waals surface area (Å²) in [6.07, 6.45) is 5.48. The molecule has 0 fully saturated rings. The number of nitrogens with zero attached hydrogens (tertiary/aromatic N) is 4. The van der Waals surface area contributed by atoms with Crippen LogP contribution in [-0.4, -0.2) is 65.7 Å². The Bertz CT molecular complexity index is 1010. The smallest absolute Gasteiger partial charge is 0.329 e. The van der Waals surface area contributed by atoms with Gasteiger partial charge in [-0.2, -0.15) is 0 Å². The number of benzene rings is 2. The highest BCUT2D eigenvalue weighted by Crippen LogP contribution is 2.35. The highest BCUT2D eigenvalue weighted by Gasteiger charge is 2.15. The molecule has 0 saturated heterocycles. The molecule has 10 heteroatoms. The van der Waals surface area contributed by atoms with Gasteiger partial charge >= 0.3 is 6.03 Å². The Balaban J connectivity index is 0.000000303. The van der Waals surface area contributed by atoms with Crippen LogP contribution in [0.5, 0.6) is 5.75 Å². The number of imidazole rings is 1. The molecular formula is C25H32Cl3N5O2. The van der Waals surface area contributed by atoms with Gasteiger partial charge in [0.25, 0.3) is 0 Å². The minimum absolute atomic E-state index is 0.126. The van der Waals surface area contributed by atoms with Gasteiger partial charge in [0, 0.05) is 36.5 Å². The molecule has 0 unspecified atom stereocenters. The van der Waals surface area contributed by atoms with Crippen molar-refractivity contribution in [2.75, 3.05) is 40.3 Å². The van der Waals surface area contributed by atoms with Crippen LogP contribution in [0.25, 0.3) is 0 Å². The molecule has 0 bridgehead atoms. The lowest BCUT2D eigenvalue weighted by Crippen LogP contribution is -2.37. The van der Waals surface area contributed by atoms with Crippen LogP contribution in [0.2, 0.25) is 15.1 Å². The highest BCUT2D eigenvalue weighted by molar-refractivity contribution is 6.40. The fourth-order valence-electron chi connectivity index (χ4n) is 3.23. The Morgan fingerprint density at radius 3 is 2.31 bits per heavy atom. The number of aromatic nitrogens is 2. The van der Waals surface area contributed by atoms with Crippen molar-refractivity contribution in [3.8, 4) is 5.75 Å². The third kappa shape index (κ3) is 9.70. The zero-order valence-corrected chi connectivity index (χ0v) is 22.5. The molecule has 1 atom stereocenters. The summed E-state index contributed by atoms with van der Waals surface area (Å²) in [6, 6.07) is 13.3. The van der Waals surface area contributed by atoms with E-state index in [0.29, 0.717) is 33.9 Å². The number of likely N-dealkylation sites (N-methyl/N-ethyl adjacent to an activating group) is 1. The van der Waals surface area contributed by atoms with Crippen LogP contribution in [0.1, 0.15) is 24.9 Å². The lowest BCUT2D eigenvalue weighted by atomic mass is 10.1. The topological polar surface area (TPSA) is 76.6 Å². The van der Waals surface area contributed by atoms with Crippen molar-refractivity contribution in [1.29, 1.82) is 0 Å². The quantitative estimate of drug-likeness (QED) is 0.368. The third-order valence-electron chi connectivity index (χ3n) is 4.85. The first-order chi connectivity index (χ1) is 16.7. The van der Waals surface area contributed by atoms with E-state index in [9.17, 15) is 4.79 Å². The van der Waals surface area contributed by atoms with Crippen molar-refractivity contribution in [2.45, 2.75) is 19.4 Å². The van der Waals surface area contributed by atoms with Crippen LogP contribution < -0.4 is 10.5 Å². The van der Waals surface area contributed by atoms with E-state index in [0.717, 1.165) is 13.0 Å². The summed E-state index contributed by atoms with van der Waals surface area (Å²) in [7, 11) is 4.06. The van der Waals surface area contributed by atoms with Gasteiger partial charge in [0.1, 0.15) is 12.9 Å². The summed E-state index contributed by atoms with van der Waals surface area (Å²) < 4.78 is 7.05. The van der Waals surface area contributed by atoms with Gasteiger partial charge in [-0.25, -0.2) is 9.78 Å². The summed E-state index contributed by atoms with van der Waals surface area (Å²) in [5.74, 6) is 0.365. The minimum Gasteiger partial charge on any atom is -0.489 e. The molecule has 0 radical (unpaired) electrons. The molecule has 35 heavy (non-hydrogen) atoms. The third-order valence-corrected chi connectivity index (χ3v) is 5.63. The Kier molecular flexibility index (Phi) is 12.4. The SMILES string of the molecule is CCCN(CCOc1c(Cl)cc(Cl)cc1Cl)C(=O)n1ccnc1.CN(C)C[C@@H](N)c1ccccc1. The van der Waals surface area contributed by atoms with Gasteiger partial charge in [0.15, 0.2) is 5.75 Å². The average molecular weight is 541 g/mol. The number of hydrogen-bond acceptors (Lipinski definition) is 5. The van der Waals surface area contributed by atoms with Crippen molar-refractivity contribution in [3.05, 3.63) is 81.8 Å². The fraction of sp³-hybridized carbons (Fsp3) is 0.360. The van der Waals surface area contributed by atoms with Crippen molar-refractivity contribution >= 4 is 40.8 Å². The molecule has 0 aliphatic carbocycles. The van der Waals surface area contributed by atoms with Crippen LogP contribution in [0, 0.1) is 0 Å². The largest absolute Gasteiger partial charge is 0.489 e. The number of ether oxygens (including phenoxy) is 1. The highest BCUT2D eigenvalue weighted by atomic mass is 35.5. The normalized spacial score (nSPS) is 11.5. The van der Waals surface area contributed by atoms with Crippen LogP contribution in [0.15, 0.2) is 61.2 Å². The Labute approximate surface area is 222 Å². The summed E-state index contributed by atoms with van der Waals surface area (Å²) >= 11 is 18.0. The summed E-state index contributed by atoms with van der Waals surface area (Å²) in [4.78, 5) is 20.0. The molecule has 7 nitrogen and oxygen atoms in total. The van der Waals surface area contributed by atoms with Gasteiger partial charge in [-0.15, -0.1) is 0 Å². The molecule has 0 saturated carbocycles. The molecule has 1 heterocycles. The maximum Gasteiger partial charge on any atom is 0.329 e. The summed E-state index contributed by atoms with van der Waals surface area (Å²) in [5.41, 5.74) is 7.15. The maximum atomic E-state index is 12.3. The first kappa shape index (κ1) is 28.9. The lowest BCUT2D eigenvalue weighted by molar-refractivity contribution is 0.184. The number of nitrogens with two attached hydrogens (primary N) is 1.